The summed E-state index contributed by atoms with van der Waals surface area (Å²) in [6.45, 7) is 9.52. The summed E-state index contributed by atoms with van der Waals surface area (Å²) < 4.78 is 5.93. The third-order valence-electron chi connectivity index (χ3n) is 4.35. The summed E-state index contributed by atoms with van der Waals surface area (Å²) in [5.74, 6) is 0.899. The first-order chi connectivity index (χ1) is 11.5. The topological polar surface area (TPSA) is 21.6 Å². The molecule has 2 aromatic rings. The average Bonchev–Trinajstić information content (AvgIpc) is 3.07. The fourth-order valence-corrected chi connectivity index (χ4v) is 5.74. The molecule has 0 saturated carbocycles. The molecule has 0 radical (unpaired) electrons. The van der Waals surface area contributed by atoms with Crippen molar-refractivity contribution in [3.63, 3.8) is 0 Å². The molecule has 3 heteroatoms. The van der Waals surface area contributed by atoms with Gasteiger partial charge in [0, 0.05) is 11.1 Å². The summed E-state index contributed by atoms with van der Waals surface area (Å²) in [4.78, 5) is 4.94. The molecule has 2 atom stereocenters. The number of hydrogen-bond acceptors (Lipinski definition) is 2. The zero-order valence-corrected chi connectivity index (χ0v) is 15.8. The van der Waals surface area contributed by atoms with Crippen molar-refractivity contribution in [2.24, 2.45) is 10.4 Å². The Kier molecular flexibility index (Phi) is 5.06. The van der Waals surface area contributed by atoms with E-state index in [2.05, 4.69) is 88.4 Å². The molecule has 2 aromatic carbocycles. The monoisotopic (exact) mass is 339 g/mol. The summed E-state index contributed by atoms with van der Waals surface area (Å²) in [6, 6.07) is 21.9. The Labute approximate surface area is 146 Å². The molecule has 0 spiro atoms. The van der Waals surface area contributed by atoms with Gasteiger partial charge in [0.25, 0.3) is 0 Å². The third kappa shape index (κ3) is 3.70. The molecule has 0 aliphatic carbocycles. The van der Waals surface area contributed by atoms with E-state index in [1.165, 1.54) is 10.6 Å². The Morgan fingerprint density at radius 1 is 0.958 bits per heavy atom. The van der Waals surface area contributed by atoms with Crippen molar-refractivity contribution in [2.45, 2.75) is 39.4 Å². The second-order valence-electron chi connectivity index (χ2n) is 7.34. The van der Waals surface area contributed by atoms with Gasteiger partial charge in [0.05, 0.1) is 6.04 Å². The smallest absolute Gasteiger partial charge is 0.189 e. The van der Waals surface area contributed by atoms with Gasteiger partial charge in [-0.3, -0.25) is 0 Å². The standard InChI is InChI=1S/C21H26NOP/c1-16(19-15-23-20(22-19)21(2,3)4)24(17-11-7-5-8-12-17)18-13-9-6-10-14-18/h5-14,16,19H,15H2,1-4H3/t16?,19-/m0/s1. The fraction of sp³-hybridized carbons (Fsp3) is 0.381. The van der Waals surface area contributed by atoms with Crippen LogP contribution in [-0.4, -0.2) is 24.2 Å². The largest absolute Gasteiger partial charge is 0.478 e. The van der Waals surface area contributed by atoms with Gasteiger partial charge in [-0.25, -0.2) is 4.99 Å². The van der Waals surface area contributed by atoms with Gasteiger partial charge in [-0.2, -0.15) is 0 Å². The molecule has 3 rings (SSSR count). The van der Waals surface area contributed by atoms with Gasteiger partial charge >= 0.3 is 0 Å². The van der Waals surface area contributed by atoms with Crippen LogP contribution in [0.1, 0.15) is 27.7 Å². The van der Waals surface area contributed by atoms with E-state index in [0.717, 1.165) is 5.90 Å². The number of nitrogens with zero attached hydrogens (tertiary/aromatic N) is 1. The molecule has 0 aromatic heterocycles. The highest BCUT2D eigenvalue weighted by molar-refractivity contribution is 7.73. The van der Waals surface area contributed by atoms with Crippen molar-refractivity contribution < 1.29 is 4.74 Å². The Balaban J connectivity index is 1.94. The van der Waals surface area contributed by atoms with Crippen LogP contribution in [-0.2, 0) is 4.74 Å². The number of rotatable bonds is 4. The van der Waals surface area contributed by atoms with Gasteiger partial charge in [0.2, 0.25) is 0 Å². The molecule has 126 valence electrons. The summed E-state index contributed by atoms with van der Waals surface area (Å²) in [5, 5.41) is 2.82. The van der Waals surface area contributed by atoms with E-state index >= 15 is 0 Å². The minimum Gasteiger partial charge on any atom is -0.478 e. The van der Waals surface area contributed by atoms with Crippen LogP contribution in [0, 0.1) is 5.41 Å². The molecule has 0 bridgehead atoms. The Bertz CT molecular complexity index is 651. The summed E-state index contributed by atoms with van der Waals surface area (Å²) in [7, 11) is -0.465. The minimum absolute atomic E-state index is 0.0171. The minimum atomic E-state index is -0.465. The maximum atomic E-state index is 5.93. The highest BCUT2D eigenvalue weighted by Crippen LogP contribution is 2.43. The third-order valence-corrected chi connectivity index (χ3v) is 7.22. The molecule has 1 aliphatic heterocycles. The maximum absolute atomic E-state index is 5.93. The second kappa shape index (κ2) is 7.07. The van der Waals surface area contributed by atoms with Crippen LogP contribution in [0.3, 0.4) is 0 Å². The molecular weight excluding hydrogens is 313 g/mol. The van der Waals surface area contributed by atoms with Gasteiger partial charge < -0.3 is 4.74 Å². The first-order valence-corrected chi connectivity index (χ1v) is 9.98. The lowest BCUT2D eigenvalue weighted by Crippen LogP contribution is -2.29. The lowest BCUT2D eigenvalue weighted by molar-refractivity contribution is 0.281. The zero-order chi connectivity index (χ0) is 17.2. The Hall–Kier alpha value is -1.66. The molecule has 0 N–H and O–H groups in total. The summed E-state index contributed by atoms with van der Waals surface area (Å²) >= 11 is 0. The quantitative estimate of drug-likeness (QED) is 0.759. The molecular formula is C21H26NOP. The first kappa shape index (κ1) is 17.2. The van der Waals surface area contributed by atoms with Crippen LogP contribution < -0.4 is 10.6 Å². The lowest BCUT2D eigenvalue weighted by atomic mass is 9.97. The van der Waals surface area contributed by atoms with Crippen LogP contribution in [0.4, 0.5) is 0 Å². The van der Waals surface area contributed by atoms with Crippen LogP contribution in [0.25, 0.3) is 0 Å². The van der Waals surface area contributed by atoms with Gasteiger partial charge in [0.1, 0.15) is 6.61 Å². The Morgan fingerprint density at radius 3 is 1.88 bits per heavy atom. The van der Waals surface area contributed by atoms with E-state index in [-0.39, 0.29) is 11.5 Å². The molecule has 2 nitrogen and oxygen atoms in total. The number of benzene rings is 2. The van der Waals surface area contributed by atoms with Crippen molar-refractivity contribution in [1.29, 1.82) is 0 Å². The molecule has 0 fully saturated rings. The molecule has 1 unspecified atom stereocenters. The molecule has 0 saturated heterocycles. The highest BCUT2D eigenvalue weighted by Gasteiger charge is 2.35. The van der Waals surface area contributed by atoms with E-state index in [1.54, 1.807) is 0 Å². The fourth-order valence-electron chi connectivity index (χ4n) is 3.02. The van der Waals surface area contributed by atoms with E-state index in [0.29, 0.717) is 12.3 Å². The van der Waals surface area contributed by atoms with Crippen molar-refractivity contribution in [3.05, 3.63) is 60.7 Å². The first-order valence-electron chi connectivity index (χ1n) is 8.57. The van der Waals surface area contributed by atoms with E-state index in [1.807, 2.05) is 0 Å². The predicted octanol–water partition coefficient (Wildman–Crippen LogP) is 4.35. The molecule has 24 heavy (non-hydrogen) atoms. The van der Waals surface area contributed by atoms with E-state index < -0.39 is 7.92 Å². The molecule has 1 heterocycles. The van der Waals surface area contributed by atoms with Gasteiger partial charge in [-0.05, 0) is 18.5 Å². The number of hydrogen-bond donors (Lipinski definition) is 0. The second-order valence-corrected chi connectivity index (χ2v) is 9.93. The Morgan fingerprint density at radius 2 is 1.46 bits per heavy atom. The van der Waals surface area contributed by atoms with Crippen molar-refractivity contribution in [1.82, 2.24) is 0 Å². The van der Waals surface area contributed by atoms with Gasteiger partial charge in [0.15, 0.2) is 5.90 Å². The zero-order valence-electron chi connectivity index (χ0n) is 14.9. The van der Waals surface area contributed by atoms with E-state index in [9.17, 15) is 0 Å². The van der Waals surface area contributed by atoms with Crippen molar-refractivity contribution in [2.75, 3.05) is 6.61 Å². The van der Waals surface area contributed by atoms with Crippen LogP contribution in [0.2, 0.25) is 0 Å². The lowest BCUT2D eigenvalue weighted by Gasteiger charge is -2.28. The highest BCUT2D eigenvalue weighted by atomic mass is 31.1. The molecule has 0 amide bonds. The maximum Gasteiger partial charge on any atom is 0.189 e. The summed E-state index contributed by atoms with van der Waals surface area (Å²) in [6.07, 6.45) is 0. The van der Waals surface area contributed by atoms with Crippen molar-refractivity contribution in [3.8, 4) is 0 Å². The number of aliphatic imine (C=N–C) groups is 1. The average molecular weight is 339 g/mol. The SMILES string of the molecule is CC([C@@H]1COC(C(C)(C)C)=N1)P(c1ccccc1)c1ccccc1. The predicted molar refractivity (Wildman–Crippen MR) is 105 cm³/mol. The van der Waals surface area contributed by atoms with Crippen molar-refractivity contribution >= 4 is 24.4 Å². The van der Waals surface area contributed by atoms with Gasteiger partial charge in [-0.15, -0.1) is 0 Å². The van der Waals surface area contributed by atoms with Crippen LogP contribution in [0.5, 0.6) is 0 Å². The number of ether oxygens (including phenoxy) is 1. The van der Waals surface area contributed by atoms with Gasteiger partial charge in [-0.1, -0.05) is 88.4 Å². The normalized spacial score (nSPS) is 19.0. The molecule has 1 aliphatic rings. The van der Waals surface area contributed by atoms with Crippen LogP contribution in [0.15, 0.2) is 65.7 Å². The summed E-state index contributed by atoms with van der Waals surface area (Å²) in [5.41, 5.74) is 0.418. The van der Waals surface area contributed by atoms with Crippen LogP contribution >= 0.6 is 7.92 Å². The van der Waals surface area contributed by atoms with E-state index in [4.69, 9.17) is 9.73 Å².